The molecule has 0 fully saturated rings. The van der Waals surface area contributed by atoms with Crippen LogP contribution in [0, 0.1) is 0 Å². The van der Waals surface area contributed by atoms with Crippen LogP contribution >= 0.6 is 0 Å². The largest absolute Gasteiger partial charge is 0.507 e. The first-order chi connectivity index (χ1) is 17.2. The second-order valence-electron chi connectivity index (χ2n) is 8.17. The molecule has 36 heavy (non-hydrogen) atoms. The summed E-state index contributed by atoms with van der Waals surface area (Å²) in [5.41, 5.74) is 0.148. The molecule has 0 amide bonds. The summed E-state index contributed by atoms with van der Waals surface area (Å²) in [5.74, 6) is -4.50. The number of aromatic hydroxyl groups is 4. The highest BCUT2D eigenvalue weighted by Crippen LogP contribution is 2.47. The van der Waals surface area contributed by atoms with Crippen LogP contribution in [0.5, 0.6) is 28.7 Å². The van der Waals surface area contributed by atoms with Gasteiger partial charge in [-0.3, -0.25) is 9.59 Å². The Bertz CT molecular complexity index is 1620. The van der Waals surface area contributed by atoms with Crippen LogP contribution in [0.2, 0.25) is 0 Å². The van der Waals surface area contributed by atoms with E-state index in [9.17, 15) is 34.8 Å². The minimum absolute atomic E-state index is 0.0355. The summed E-state index contributed by atoms with van der Waals surface area (Å²) in [6.45, 7) is 0. The fraction of sp³-hybridized carbons (Fsp3) is 0.115. The second kappa shape index (κ2) is 8.35. The van der Waals surface area contributed by atoms with Crippen molar-refractivity contribution in [3.8, 4) is 40.1 Å². The standard InChI is InChI=1S/C26H18O10/c1-34-26(33)12-4-2-11(3-5-12)14-9-19(30)35-18-10-17(29)21-22(31)23(32)24(36-25(21)20(14)18)13-6-7-15(27)16(28)8-13/h2-8,10,14,27-29,32H,9H2,1H3/t14-/m0/s1. The Kier molecular flexibility index (Phi) is 5.28. The summed E-state index contributed by atoms with van der Waals surface area (Å²) in [7, 11) is 1.26. The molecule has 0 radical (unpaired) electrons. The highest BCUT2D eigenvalue weighted by molar-refractivity contribution is 5.94. The number of esters is 2. The summed E-state index contributed by atoms with van der Waals surface area (Å²) >= 11 is 0. The van der Waals surface area contributed by atoms with Crippen molar-refractivity contribution in [1.29, 1.82) is 0 Å². The minimum atomic E-state index is -0.948. The van der Waals surface area contributed by atoms with Crippen LogP contribution in [0.15, 0.2) is 57.7 Å². The van der Waals surface area contributed by atoms with Crippen LogP contribution in [0.4, 0.5) is 0 Å². The maximum Gasteiger partial charge on any atom is 0.337 e. The van der Waals surface area contributed by atoms with Gasteiger partial charge in [-0.1, -0.05) is 12.1 Å². The quantitative estimate of drug-likeness (QED) is 0.190. The number of methoxy groups -OCH3 is 1. The smallest absolute Gasteiger partial charge is 0.337 e. The number of fused-ring (bicyclic) bond motifs is 3. The third-order valence-corrected chi connectivity index (χ3v) is 6.04. The van der Waals surface area contributed by atoms with Crippen LogP contribution < -0.4 is 10.2 Å². The highest BCUT2D eigenvalue weighted by Gasteiger charge is 2.34. The SMILES string of the molecule is COC(=O)c1ccc([C@@H]2CC(=O)Oc3cc(O)c4c(=O)c(O)c(-c5ccc(O)c(O)c5)oc4c32)cc1. The van der Waals surface area contributed by atoms with Crippen LogP contribution in [-0.2, 0) is 9.53 Å². The molecule has 5 rings (SSSR count). The highest BCUT2D eigenvalue weighted by atomic mass is 16.5. The average Bonchev–Trinajstić information content (AvgIpc) is 2.86. The lowest BCUT2D eigenvalue weighted by atomic mass is 9.84. The van der Waals surface area contributed by atoms with Crippen LogP contribution in [0.1, 0.15) is 33.8 Å². The first-order valence-corrected chi connectivity index (χ1v) is 10.7. The molecule has 182 valence electrons. The number of hydrogen-bond acceptors (Lipinski definition) is 10. The molecule has 2 heterocycles. The van der Waals surface area contributed by atoms with Crippen molar-refractivity contribution in [2.45, 2.75) is 12.3 Å². The number of phenols is 3. The van der Waals surface area contributed by atoms with Gasteiger partial charge in [-0.2, -0.15) is 0 Å². The summed E-state index contributed by atoms with van der Waals surface area (Å²) in [5, 5.41) is 40.3. The van der Waals surface area contributed by atoms with Gasteiger partial charge >= 0.3 is 11.9 Å². The van der Waals surface area contributed by atoms with Gasteiger partial charge < -0.3 is 34.3 Å². The maximum atomic E-state index is 13.1. The fourth-order valence-corrected chi connectivity index (χ4v) is 4.30. The van der Waals surface area contributed by atoms with E-state index in [4.69, 9.17) is 13.9 Å². The third-order valence-electron chi connectivity index (χ3n) is 6.04. The first-order valence-electron chi connectivity index (χ1n) is 10.7. The molecule has 0 spiro atoms. The Morgan fingerprint density at radius 2 is 1.67 bits per heavy atom. The van der Waals surface area contributed by atoms with E-state index in [0.717, 1.165) is 18.2 Å². The molecule has 1 aromatic heterocycles. The number of ether oxygens (including phenoxy) is 2. The molecule has 0 saturated heterocycles. The molecule has 10 nitrogen and oxygen atoms in total. The van der Waals surface area contributed by atoms with Gasteiger partial charge in [0.1, 0.15) is 22.5 Å². The predicted molar refractivity (Wildman–Crippen MR) is 124 cm³/mol. The summed E-state index contributed by atoms with van der Waals surface area (Å²) < 4.78 is 16.0. The van der Waals surface area contributed by atoms with E-state index in [-0.39, 0.29) is 40.0 Å². The van der Waals surface area contributed by atoms with Crippen LogP contribution in [0.25, 0.3) is 22.3 Å². The van der Waals surface area contributed by atoms with Gasteiger partial charge in [-0.25, -0.2) is 4.79 Å². The van der Waals surface area contributed by atoms with Crippen molar-refractivity contribution in [3.63, 3.8) is 0 Å². The number of hydrogen-bond donors (Lipinski definition) is 4. The number of rotatable bonds is 3. The normalized spacial score (nSPS) is 14.8. The van der Waals surface area contributed by atoms with E-state index in [0.29, 0.717) is 11.1 Å². The van der Waals surface area contributed by atoms with Crippen LogP contribution in [-0.4, -0.2) is 39.5 Å². The number of phenolic OH excluding ortho intramolecular Hbond substituents is 3. The molecule has 0 saturated carbocycles. The molecule has 1 atom stereocenters. The van der Waals surface area contributed by atoms with Crippen LogP contribution in [0.3, 0.4) is 0 Å². The molecular formula is C26H18O10. The van der Waals surface area contributed by atoms with Gasteiger partial charge in [-0.15, -0.1) is 0 Å². The lowest BCUT2D eigenvalue weighted by Gasteiger charge is -2.26. The maximum absolute atomic E-state index is 13.1. The van der Waals surface area contributed by atoms with E-state index in [1.807, 2.05) is 0 Å². The molecular weight excluding hydrogens is 472 g/mol. The van der Waals surface area contributed by atoms with E-state index in [2.05, 4.69) is 0 Å². The summed E-state index contributed by atoms with van der Waals surface area (Å²) in [6, 6.07) is 11.0. The van der Waals surface area contributed by atoms with Crippen molar-refractivity contribution in [2.75, 3.05) is 7.11 Å². The average molecular weight is 490 g/mol. The van der Waals surface area contributed by atoms with Gasteiger partial charge in [0.15, 0.2) is 17.3 Å². The molecule has 4 N–H and O–H groups in total. The minimum Gasteiger partial charge on any atom is -0.507 e. The Balaban J connectivity index is 1.78. The van der Waals surface area contributed by atoms with Gasteiger partial charge in [0.05, 0.1) is 19.1 Å². The zero-order chi connectivity index (χ0) is 25.7. The van der Waals surface area contributed by atoms with E-state index in [1.54, 1.807) is 12.1 Å². The van der Waals surface area contributed by atoms with Crippen molar-refractivity contribution in [3.05, 3.63) is 75.4 Å². The topological polar surface area (TPSA) is 164 Å². The number of carbonyl (C=O) groups is 2. The third kappa shape index (κ3) is 3.56. The number of benzene rings is 3. The predicted octanol–water partition coefficient (Wildman–Crippen LogP) is 3.51. The molecule has 10 heteroatoms. The first kappa shape index (κ1) is 22.8. The zero-order valence-corrected chi connectivity index (χ0v) is 18.6. The summed E-state index contributed by atoms with van der Waals surface area (Å²) in [6.07, 6.45) is -0.135. The molecule has 0 bridgehead atoms. The lowest BCUT2D eigenvalue weighted by Crippen LogP contribution is -2.22. The van der Waals surface area contributed by atoms with Gasteiger partial charge in [0.25, 0.3) is 0 Å². The van der Waals surface area contributed by atoms with Gasteiger partial charge in [0, 0.05) is 23.1 Å². The molecule has 4 aromatic rings. The molecule has 1 aliphatic heterocycles. The Hall–Kier alpha value is -4.99. The van der Waals surface area contributed by atoms with Gasteiger partial charge in [0.2, 0.25) is 11.2 Å². The van der Waals surface area contributed by atoms with E-state index in [1.165, 1.54) is 25.3 Å². The van der Waals surface area contributed by atoms with Crippen molar-refractivity contribution >= 4 is 22.9 Å². The van der Waals surface area contributed by atoms with E-state index >= 15 is 0 Å². The fourth-order valence-electron chi connectivity index (χ4n) is 4.30. The Morgan fingerprint density at radius 3 is 2.33 bits per heavy atom. The molecule has 3 aromatic carbocycles. The molecule has 1 aliphatic rings. The van der Waals surface area contributed by atoms with Crippen molar-refractivity contribution in [2.24, 2.45) is 0 Å². The van der Waals surface area contributed by atoms with Crippen molar-refractivity contribution < 1.29 is 43.9 Å². The second-order valence-corrected chi connectivity index (χ2v) is 8.17. The molecule has 0 unspecified atom stereocenters. The summed E-state index contributed by atoms with van der Waals surface area (Å²) in [4.78, 5) is 37.3. The number of carbonyl (C=O) groups excluding carboxylic acids is 2. The van der Waals surface area contributed by atoms with Gasteiger partial charge in [-0.05, 0) is 35.9 Å². The zero-order valence-electron chi connectivity index (χ0n) is 18.6. The van der Waals surface area contributed by atoms with Crippen molar-refractivity contribution in [1.82, 2.24) is 0 Å². The molecule has 0 aliphatic carbocycles. The lowest BCUT2D eigenvalue weighted by molar-refractivity contribution is -0.135. The monoisotopic (exact) mass is 490 g/mol. The Morgan fingerprint density at radius 1 is 0.944 bits per heavy atom. The van der Waals surface area contributed by atoms with E-state index < -0.39 is 46.3 Å². The Labute approximate surface area is 202 Å².